The number of rotatable bonds is 5. The summed E-state index contributed by atoms with van der Waals surface area (Å²) in [4.78, 5) is 26.6. The van der Waals surface area contributed by atoms with Gasteiger partial charge in [-0.25, -0.2) is 24.3 Å². The van der Waals surface area contributed by atoms with Crippen LogP contribution in [0.2, 0.25) is 5.02 Å². The first-order valence-corrected chi connectivity index (χ1v) is 12.2. The van der Waals surface area contributed by atoms with Gasteiger partial charge in [-0.2, -0.15) is 0 Å². The minimum Gasteiger partial charge on any atom is -0.250 e. The summed E-state index contributed by atoms with van der Waals surface area (Å²) in [5.74, 6) is 0. The molecule has 2 aromatic carbocycles. The van der Waals surface area contributed by atoms with Crippen molar-refractivity contribution in [2.45, 2.75) is 38.6 Å². The topological polar surface area (TPSA) is 79.2 Å². The van der Waals surface area contributed by atoms with E-state index in [-0.39, 0.29) is 5.56 Å². The van der Waals surface area contributed by atoms with Crippen LogP contribution < -0.4 is 10.5 Å². The Hall–Kier alpha value is -3.84. The third kappa shape index (κ3) is 4.12. The van der Waals surface area contributed by atoms with Gasteiger partial charge < -0.3 is 0 Å². The summed E-state index contributed by atoms with van der Waals surface area (Å²) in [6.07, 6.45) is 11.4. The summed E-state index contributed by atoms with van der Waals surface area (Å²) in [7, 11) is 0. The maximum atomic E-state index is 13.7. The van der Waals surface area contributed by atoms with Crippen LogP contribution in [0.4, 0.5) is 0 Å². The summed E-state index contributed by atoms with van der Waals surface area (Å²) in [6, 6.07) is 15.1. The molecule has 0 spiro atoms. The quantitative estimate of drug-likeness (QED) is 0.256. The van der Waals surface area contributed by atoms with Crippen molar-refractivity contribution in [3.8, 4) is 0 Å². The number of aromatic nitrogens is 5. The van der Waals surface area contributed by atoms with Crippen molar-refractivity contribution in [1.29, 1.82) is 0 Å². The standard InChI is InChI=1S/C27H23ClN6O/c28-20-10-6-9-19(15-20)16-30-34-25-23(24-26(34)32-22-12-5-4-11-21(22)31-24)27(35)33(17-29-25)14-13-18-7-2-1-3-8-18/h4-7,9-12,15-17H,1-3,8,13-14H2/p+1/b30-16+. The van der Waals surface area contributed by atoms with E-state index in [1.54, 1.807) is 21.8 Å². The maximum Gasteiger partial charge on any atom is 0.322 e. The van der Waals surface area contributed by atoms with Crippen LogP contribution in [0, 0.1) is 0 Å². The Balaban J connectivity index is 1.52. The predicted octanol–water partition coefficient (Wildman–Crippen LogP) is 5.14. The van der Waals surface area contributed by atoms with Crippen molar-refractivity contribution in [2.24, 2.45) is 5.10 Å². The van der Waals surface area contributed by atoms with Gasteiger partial charge in [-0.1, -0.05) is 47.5 Å². The van der Waals surface area contributed by atoms with E-state index in [4.69, 9.17) is 21.6 Å². The number of para-hydroxylation sites is 2. The van der Waals surface area contributed by atoms with Crippen LogP contribution in [-0.4, -0.2) is 25.4 Å². The Labute approximate surface area is 206 Å². The molecule has 3 aromatic heterocycles. The lowest BCUT2D eigenvalue weighted by atomic mass is 9.97. The number of aryl methyl sites for hydroxylation is 1. The van der Waals surface area contributed by atoms with Crippen molar-refractivity contribution in [2.75, 3.05) is 0 Å². The molecule has 6 rings (SSSR count). The molecule has 1 aliphatic carbocycles. The third-order valence-corrected chi connectivity index (χ3v) is 6.73. The molecule has 0 amide bonds. The molecule has 0 fully saturated rings. The monoisotopic (exact) mass is 483 g/mol. The highest BCUT2D eigenvalue weighted by molar-refractivity contribution is 6.30. The number of fused-ring (bicyclic) bond motifs is 4. The van der Waals surface area contributed by atoms with Gasteiger partial charge >= 0.3 is 5.56 Å². The fourth-order valence-electron chi connectivity index (χ4n) is 4.69. The number of H-pyrrole nitrogens is 1. The van der Waals surface area contributed by atoms with E-state index in [0.29, 0.717) is 33.8 Å². The Morgan fingerprint density at radius 1 is 1.09 bits per heavy atom. The van der Waals surface area contributed by atoms with E-state index in [1.165, 1.54) is 18.4 Å². The van der Waals surface area contributed by atoms with Crippen LogP contribution in [0.3, 0.4) is 0 Å². The summed E-state index contributed by atoms with van der Waals surface area (Å²) >= 11 is 6.14. The maximum absolute atomic E-state index is 13.7. The summed E-state index contributed by atoms with van der Waals surface area (Å²) in [6.45, 7) is 0.622. The van der Waals surface area contributed by atoms with Crippen LogP contribution in [0.1, 0.15) is 37.7 Å². The van der Waals surface area contributed by atoms with Gasteiger partial charge in [-0.05, 0) is 61.9 Å². The molecule has 3 heterocycles. The van der Waals surface area contributed by atoms with E-state index < -0.39 is 0 Å². The second-order valence-corrected chi connectivity index (χ2v) is 9.29. The molecule has 0 unspecified atom stereocenters. The van der Waals surface area contributed by atoms with E-state index in [0.717, 1.165) is 35.9 Å². The summed E-state index contributed by atoms with van der Waals surface area (Å²) in [5, 5.41) is 5.79. The average molecular weight is 484 g/mol. The zero-order valence-corrected chi connectivity index (χ0v) is 19.9. The average Bonchev–Trinajstić information content (AvgIpc) is 3.19. The fraction of sp³-hybridized carbons (Fsp3) is 0.222. The van der Waals surface area contributed by atoms with Crippen molar-refractivity contribution < 1.29 is 4.98 Å². The molecule has 174 valence electrons. The third-order valence-electron chi connectivity index (χ3n) is 6.50. The molecule has 7 nitrogen and oxygen atoms in total. The van der Waals surface area contributed by atoms with Crippen molar-refractivity contribution in [1.82, 2.24) is 19.2 Å². The lowest BCUT2D eigenvalue weighted by Gasteiger charge is -2.11. The summed E-state index contributed by atoms with van der Waals surface area (Å²) in [5.41, 5.74) is 5.28. The Kier molecular flexibility index (Phi) is 5.62. The molecule has 0 saturated heterocycles. The lowest BCUT2D eigenvalue weighted by Crippen LogP contribution is -2.27. The van der Waals surface area contributed by atoms with Crippen LogP contribution in [0.25, 0.3) is 33.2 Å². The first-order chi connectivity index (χ1) is 17.2. The highest BCUT2D eigenvalue weighted by Crippen LogP contribution is 2.24. The number of hydrogen-bond acceptors (Lipinski definition) is 4. The van der Waals surface area contributed by atoms with Gasteiger partial charge in [0.2, 0.25) is 5.65 Å². The molecular weight excluding hydrogens is 460 g/mol. The van der Waals surface area contributed by atoms with Crippen molar-refractivity contribution >= 4 is 51.0 Å². The number of nitrogens with one attached hydrogen (secondary N) is 1. The highest BCUT2D eigenvalue weighted by atomic mass is 35.5. The second-order valence-electron chi connectivity index (χ2n) is 8.85. The first-order valence-electron chi connectivity index (χ1n) is 11.9. The normalized spacial score (nSPS) is 14.4. The van der Waals surface area contributed by atoms with E-state index >= 15 is 0 Å². The van der Waals surface area contributed by atoms with Gasteiger partial charge in [0, 0.05) is 5.02 Å². The van der Waals surface area contributed by atoms with E-state index in [1.807, 2.05) is 48.5 Å². The van der Waals surface area contributed by atoms with Crippen LogP contribution in [0.5, 0.6) is 0 Å². The van der Waals surface area contributed by atoms with E-state index in [9.17, 15) is 4.79 Å². The van der Waals surface area contributed by atoms with Gasteiger partial charge in [-0.15, -0.1) is 9.78 Å². The SMILES string of the molecule is O=c1c2c3nc4ccccc4nc3n(/N=C/c3cccc(Cl)c3)c2[nH+]cn1CCC1=CCCCC1. The van der Waals surface area contributed by atoms with Crippen molar-refractivity contribution in [3.05, 3.63) is 87.4 Å². The molecule has 5 aromatic rings. The number of benzene rings is 2. The van der Waals surface area contributed by atoms with Gasteiger partial charge in [0.05, 0.1) is 23.8 Å². The molecule has 1 aliphatic rings. The number of hydrogen-bond donors (Lipinski definition) is 0. The van der Waals surface area contributed by atoms with Crippen LogP contribution in [-0.2, 0) is 6.54 Å². The largest absolute Gasteiger partial charge is 0.322 e. The van der Waals surface area contributed by atoms with Crippen molar-refractivity contribution in [3.63, 3.8) is 0 Å². The van der Waals surface area contributed by atoms with Crippen LogP contribution >= 0.6 is 11.6 Å². The Bertz CT molecular complexity index is 1700. The highest BCUT2D eigenvalue weighted by Gasteiger charge is 2.24. The number of allylic oxidation sites excluding steroid dienone is 2. The number of halogens is 1. The van der Waals surface area contributed by atoms with E-state index in [2.05, 4.69) is 16.2 Å². The summed E-state index contributed by atoms with van der Waals surface area (Å²) < 4.78 is 3.39. The number of nitrogens with zero attached hydrogens (tertiary/aromatic N) is 5. The minimum absolute atomic E-state index is 0.0959. The Morgan fingerprint density at radius 2 is 1.94 bits per heavy atom. The molecule has 0 bridgehead atoms. The predicted molar refractivity (Wildman–Crippen MR) is 139 cm³/mol. The van der Waals surface area contributed by atoms with Gasteiger partial charge in [-0.3, -0.25) is 0 Å². The van der Waals surface area contributed by atoms with Gasteiger partial charge in [0.25, 0.3) is 5.65 Å². The molecule has 8 heteroatoms. The van der Waals surface area contributed by atoms with Gasteiger partial charge in [0.1, 0.15) is 5.52 Å². The second kappa shape index (κ2) is 9.07. The van der Waals surface area contributed by atoms with Crippen LogP contribution in [0.15, 0.2) is 76.4 Å². The molecule has 0 atom stereocenters. The number of aromatic amines is 1. The molecular formula is C27H24ClN6O+. The molecule has 1 N–H and O–H groups in total. The smallest absolute Gasteiger partial charge is 0.250 e. The first kappa shape index (κ1) is 21.7. The molecule has 35 heavy (non-hydrogen) atoms. The van der Waals surface area contributed by atoms with Gasteiger partial charge in [0.15, 0.2) is 11.7 Å². The molecule has 0 aliphatic heterocycles. The zero-order valence-electron chi connectivity index (χ0n) is 19.1. The lowest BCUT2D eigenvalue weighted by molar-refractivity contribution is -0.357. The molecule has 0 saturated carbocycles. The fourth-order valence-corrected chi connectivity index (χ4v) is 4.89. The zero-order chi connectivity index (χ0) is 23.8. The minimum atomic E-state index is -0.0959. The molecule has 0 radical (unpaired) electrons. The Morgan fingerprint density at radius 3 is 2.74 bits per heavy atom.